The van der Waals surface area contributed by atoms with Crippen LogP contribution in [0.2, 0.25) is 0 Å². The molecule has 3 heteroatoms. The first kappa shape index (κ1) is 9.77. The van der Waals surface area contributed by atoms with Gasteiger partial charge >= 0.3 is 5.97 Å². The van der Waals surface area contributed by atoms with E-state index in [-0.39, 0.29) is 5.97 Å². The van der Waals surface area contributed by atoms with Crippen LogP contribution >= 0.6 is 0 Å². The van der Waals surface area contributed by atoms with Crippen LogP contribution in [0, 0.1) is 6.92 Å². The largest absolute Gasteiger partial charge is 0.462 e. The zero-order valence-electron chi connectivity index (χ0n) is 8.86. The number of carbonyl (C=O) groups is 1. The molecule has 2 aromatic rings. The van der Waals surface area contributed by atoms with Gasteiger partial charge in [-0.05, 0) is 37.6 Å². The molecule has 0 aromatic carbocycles. The molecule has 0 aliphatic heterocycles. The van der Waals surface area contributed by atoms with E-state index in [0.717, 1.165) is 11.1 Å². The minimum Gasteiger partial charge on any atom is -0.462 e. The molecule has 0 unspecified atom stereocenters. The van der Waals surface area contributed by atoms with E-state index in [9.17, 15) is 4.79 Å². The van der Waals surface area contributed by atoms with Crippen molar-refractivity contribution in [1.29, 1.82) is 0 Å². The van der Waals surface area contributed by atoms with Gasteiger partial charge < -0.3 is 9.14 Å². The highest BCUT2D eigenvalue weighted by atomic mass is 16.5. The van der Waals surface area contributed by atoms with Crippen LogP contribution in [0.3, 0.4) is 0 Å². The maximum Gasteiger partial charge on any atom is 0.338 e. The summed E-state index contributed by atoms with van der Waals surface area (Å²) in [4.78, 5) is 11.6. The number of fused-ring (bicyclic) bond motifs is 1. The Bertz CT molecular complexity index is 499. The predicted octanol–water partition coefficient (Wildman–Crippen LogP) is 2.42. The van der Waals surface area contributed by atoms with Crippen molar-refractivity contribution < 1.29 is 9.53 Å². The summed E-state index contributed by atoms with van der Waals surface area (Å²) < 4.78 is 6.97. The van der Waals surface area contributed by atoms with Gasteiger partial charge in [-0.25, -0.2) is 4.79 Å². The van der Waals surface area contributed by atoms with Gasteiger partial charge in [-0.2, -0.15) is 0 Å². The Morgan fingerprint density at radius 3 is 3.07 bits per heavy atom. The molecule has 0 saturated carbocycles. The number of ether oxygens (including phenoxy) is 1. The lowest BCUT2D eigenvalue weighted by Gasteiger charge is -2.06. The summed E-state index contributed by atoms with van der Waals surface area (Å²) in [5.41, 5.74) is 2.57. The molecule has 0 aliphatic carbocycles. The summed E-state index contributed by atoms with van der Waals surface area (Å²) >= 11 is 0. The second kappa shape index (κ2) is 3.77. The van der Waals surface area contributed by atoms with Gasteiger partial charge in [0.1, 0.15) is 0 Å². The van der Waals surface area contributed by atoms with Crippen molar-refractivity contribution in [2.75, 3.05) is 6.61 Å². The Morgan fingerprint density at radius 2 is 2.33 bits per heavy atom. The lowest BCUT2D eigenvalue weighted by molar-refractivity contribution is 0.0525. The van der Waals surface area contributed by atoms with Gasteiger partial charge in [0.05, 0.1) is 12.2 Å². The lowest BCUT2D eigenvalue weighted by atomic mass is 10.1. The quantitative estimate of drug-likeness (QED) is 0.702. The van der Waals surface area contributed by atoms with Crippen molar-refractivity contribution in [1.82, 2.24) is 4.40 Å². The average Bonchev–Trinajstić information content (AvgIpc) is 2.63. The molecule has 0 fully saturated rings. The zero-order valence-corrected chi connectivity index (χ0v) is 8.86. The number of hydrogen-bond acceptors (Lipinski definition) is 2. The normalized spacial score (nSPS) is 10.5. The van der Waals surface area contributed by atoms with Crippen molar-refractivity contribution in [3.8, 4) is 0 Å². The van der Waals surface area contributed by atoms with E-state index in [2.05, 4.69) is 0 Å². The Morgan fingerprint density at radius 1 is 1.53 bits per heavy atom. The highest BCUT2D eigenvalue weighted by Crippen LogP contribution is 2.14. The summed E-state index contributed by atoms with van der Waals surface area (Å²) in [6.07, 6.45) is 3.89. The fourth-order valence-corrected chi connectivity index (χ4v) is 1.62. The minimum absolute atomic E-state index is 0.251. The third kappa shape index (κ3) is 1.73. The molecule has 2 aromatic heterocycles. The molecule has 3 nitrogen and oxygen atoms in total. The maximum atomic E-state index is 11.6. The van der Waals surface area contributed by atoms with Gasteiger partial charge in [-0.3, -0.25) is 0 Å². The van der Waals surface area contributed by atoms with Crippen LogP contribution in [0.25, 0.3) is 5.52 Å². The Hall–Kier alpha value is -1.77. The highest BCUT2D eigenvalue weighted by molar-refractivity contribution is 5.92. The van der Waals surface area contributed by atoms with Crippen LogP contribution in [0.15, 0.2) is 30.6 Å². The van der Waals surface area contributed by atoms with Crippen molar-refractivity contribution in [2.45, 2.75) is 13.8 Å². The smallest absolute Gasteiger partial charge is 0.338 e. The van der Waals surface area contributed by atoms with E-state index >= 15 is 0 Å². The Labute approximate surface area is 88.3 Å². The molecule has 0 aliphatic rings. The summed E-state index contributed by atoms with van der Waals surface area (Å²) in [5.74, 6) is -0.251. The zero-order chi connectivity index (χ0) is 10.8. The second-order valence-corrected chi connectivity index (χ2v) is 3.43. The molecule has 2 heterocycles. The number of esters is 1. The molecule has 0 bridgehead atoms. The SMILES string of the molecule is CCOC(=O)c1cc2cccn2cc1C. The fourth-order valence-electron chi connectivity index (χ4n) is 1.62. The third-order valence-corrected chi connectivity index (χ3v) is 2.36. The molecule has 0 N–H and O–H groups in total. The average molecular weight is 203 g/mol. The Kier molecular flexibility index (Phi) is 2.46. The number of carbonyl (C=O) groups excluding carboxylic acids is 1. The van der Waals surface area contributed by atoms with Crippen LogP contribution in [0.4, 0.5) is 0 Å². The third-order valence-electron chi connectivity index (χ3n) is 2.36. The van der Waals surface area contributed by atoms with Gasteiger partial charge in [0.15, 0.2) is 0 Å². The first-order valence-electron chi connectivity index (χ1n) is 4.97. The van der Waals surface area contributed by atoms with E-state index in [1.165, 1.54) is 0 Å². The molecule has 0 amide bonds. The first-order chi connectivity index (χ1) is 7.22. The fraction of sp³-hybridized carbons (Fsp3) is 0.250. The Balaban J connectivity index is 2.50. The van der Waals surface area contributed by atoms with Crippen molar-refractivity contribution >= 4 is 11.5 Å². The number of aryl methyl sites for hydroxylation is 1. The molecule has 0 spiro atoms. The number of rotatable bonds is 2. The number of hydrogen-bond donors (Lipinski definition) is 0. The number of aromatic nitrogens is 1. The van der Waals surface area contributed by atoms with Gasteiger partial charge in [0.25, 0.3) is 0 Å². The molecule has 2 rings (SSSR count). The van der Waals surface area contributed by atoms with E-state index in [4.69, 9.17) is 4.74 Å². The summed E-state index contributed by atoms with van der Waals surface area (Å²) in [6, 6.07) is 5.76. The van der Waals surface area contributed by atoms with E-state index in [1.807, 2.05) is 48.8 Å². The van der Waals surface area contributed by atoms with Crippen LogP contribution in [0.5, 0.6) is 0 Å². The van der Waals surface area contributed by atoms with Crippen LogP contribution < -0.4 is 0 Å². The topological polar surface area (TPSA) is 30.7 Å². The standard InChI is InChI=1S/C12H13NO2/c1-3-15-12(14)11-7-10-5-4-6-13(10)8-9(11)2/h4-8H,3H2,1-2H3. The van der Waals surface area contributed by atoms with Gasteiger partial charge in [0, 0.05) is 17.9 Å². The minimum atomic E-state index is -0.251. The molecular weight excluding hydrogens is 190 g/mol. The molecule has 0 atom stereocenters. The monoisotopic (exact) mass is 203 g/mol. The van der Waals surface area contributed by atoms with E-state index < -0.39 is 0 Å². The molecular formula is C12H13NO2. The van der Waals surface area contributed by atoms with Crippen molar-refractivity contribution in [3.05, 3.63) is 41.7 Å². The van der Waals surface area contributed by atoms with Crippen LogP contribution in [0.1, 0.15) is 22.8 Å². The van der Waals surface area contributed by atoms with Crippen molar-refractivity contribution in [3.63, 3.8) is 0 Å². The number of pyridine rings is 1. The highest BCUT2D eigenvalue weighted by Gasteiger charge is 2.10. The predicted molar refractivity (Wildman–Crippen MR) is 58.1 cm³/mol. The van der Waals surface area contributed by atoms with Crippen LogP contribution in [-0.2, 0) is 4.74 Å². The van der Waals surface area contributed by atoms with Gasteiger partial charge in [0.2, 0.25) is 0 Å². The molecule has 0 radical (unpaired) electrons. The van der Waals surface area contributed by atoms with E-state index in [0.29, 0.717) is 12.2 Å². The van der Waals surface area contributed by atoms with Crippen LogP contribution in [-0.4, -0.2) is 17.0 Å². The number of nitrogens with zero attached hydrogens (tertiary/aromatic N) is 1. The van der Waals surface area contributed by atoms with Gasteiger partial charge in [-0.15, -0.1) is 0 Å². The summed E-state index contributed by atoms with van der Waals surface area (Å²) in [7, 11) is 0. The molecule has 0 saturated heterocycles. The van der Waals surface area contributed by atoms with E-state index in [1.54, 1.807) is 0 Å². The molecule has 15 heavy (non-hydrogen) atoms. The van der Waals surface area contributed by atoms with Crippen molar-refractivity contribution in [2.24, 2.45) is 0 Å². The second-order valence-electron chi connectivity index (χ2n) is 3.43. The summed E-state index contributed by atoms with van der Waals surface area (Å²) in [5, 5.41) is 0. The summed E-state index contributed by atoms with van der Waals surface area (Å²) in [6.45, 7) is 4.12. The first-order valence-corrected chi connectivity index (χ1v) is 4.97. The van der Waals surface area contributed by atoms with Gasteiger partial charge in [-0.1, -0.05) is 0 Å². The molecule has 78 valence electrons. The lowest BCUT2D eigenvalue weighted by Crippen LogP contribution is -2.07. The maximum absolute atomic E-state index is 11.6.